The average molecular weight is 429 g/mol. The first-order chi connectivity index (χ1) is 14.5. The third-order valence-corrected chi connectivity index (χ3v) is 5.08. The number of rotatable bonds is 7. The van der Waals surface area contributed by atoms with Crippen molar-refractivity contribution >= 4 is 29.0 Å². The Bertz CT molecular complexity index is 958. The number of ether oxygens (including phenoxy) is 3. The maximum Gasteiger partial charge on any atom is 0.338 e. The van der Waals surface area contributed by atoms with Crippen molar-refractivity contribution in [1.82, 2.24) is 5.32 Å². The van der Waals surface area contributed by atoms with E-state index in [2.05, 4.69) is 5.32 Å². The number of hydrogen-bond donors (Lipinski definition) is 2. The molecule has 0 fully saturated rings. The summed E-state index contributed by atoms with van der Waals surface area (Å²) in [4.78, 5) is 14.8. The quantitative estimate of drug-likeness (QED) is 0.395. The van der Waals surface area contributed by atoms with Gasteiger partial charge >= 0.3 is 5.97 Å². The molecular weight excluding hydrogens is 404 g/mol. The summed E-state index contributed by atoms with van der Waals surface area (Å²) in [6.07, 6.45) is 0. The van der Waals surface area contributed by atoms with Crippen LogP contribution in [0.2, 0.25) is 0 Å². The summed E-state index contributed by atoms with van der Waals surface area (Å²) in [7, 11) is 3.12. The second-order valence-electron chi connectivity index (χ2n) is 6.61. The number of benzene rings is 2. The topological polar surface area (TPSA) is 80.3 Å². The molecule has 0 saturated heterocycles. The van der Waals surface area contributed by atoms with Crippen LogP contribution in [-0.4, -0.2) is 43.6 Å². The molecule has 2 aromatic rings. The van der Waals surface area contributed by atoms with E-state index in [4.69, 9.17) is 26.4 Å². The number of allylic oxidation sites excluding steroid dienone is 1. The van der Waals surface area contributed by atoms with E-state index in [0.29, 0.717) is 34.4 Å². The average Bonchev–Trinajstić information content (AvgIpc) is 2.74. The van der Waals surface area contributed by atoms with Gasteiger partial charge in [0.25, 0.3) is 0 Å². The highest BCUT2D eigenvalue weighted by atomic mass is 32.1. The number of anilines is 1. The first kappa shape index (κ1) is 21.6. The van der Waals surface area contributed by atoms with Gasteiger partial charge in [0.1, 0.15) is 18.1 Å². The Morgan fingerprint density at radius 3 is 2.50 bits per heavy atom. The first-order valence-corrected chi connectivity index (χ1v) is 9.78. The number of nitrogens with one attached hydrogen (secondary N) is 1. The molecule has 0 spiro atoms. The van der Waals surface area contributed by atoms with E-state index in [1.807, 2.05) is 31.2 Å². The normalized spacial score (nSPS) is 16.3. The van der Waals surface area contributed by atoms with Gasteiger partial charge in [-0.2, -0.15) is 0 Å². The number of aromatic hydroxyl groups is 1. The van der Waals surface area contributed by atoms with Crippen molar-refractivity contribution in [2.45, 2.75) is 13.0 Å². The summed E-state index contributed by atoms with van der Waals surface area (Å²) in [5.41, 5.74) is 2.52. The fraction of sp³-hybridized carbons (Fsp3) is 0.273. The van der Waals surface area contributed by atoms with Crippen LogP contribution in [0.25, 0.3) is 0 Å². The lowest BCUT2D eigenvalue weighted by Crippen LogP contribution is -2.48. The van der Waals surface area contributed by atoms with Gasteiger partial charge in [-0.3, -0.25) is 4.90 Å². The summed E-state index contributed by atoms with van der Waals surface area (Å²) in [5.74, 6) is 0.284. The highest BCUT2D eigenvalue weighted by molar-refractivity contribution is 7.80. The number of thiocarbonyl (C=S) groups is 1. The first-order valence-electron chi connectivity index (χ1n) is 9.37. The van der Waals surface area contributed by atoms with Crippen LogP contribution < -0.4 is 15.0 Å². The minimum Gasteiger partial charge on any atom is -0.508 e. The zero-order valence-electron chi connectivity index (χ0n) is 17.0. The van der Waals surface area contributed by atoms with E-state index in [0.717, 1.165) is 5.56 Å². The number of esters is 1. The summed E-state index contributed by atoms with van der Waals surface area (Å²) in [5, 5.41) is 13.3. The van der Waals surface area contributed by atoms with E-state index >= 15 is 0 Å². The zero-order valence-corrected chi connectivity index (χ0v) is 17.9. The SMILES string of the molecule is COCCOC(=O)C1=C(C)N(c2ccccc2OC)C(=S)N[C@H]1c1ccc(O)cc1. The molecule has 1 heterocycles. The van der Waals surface area contributed by atoms with Crippen LogP contribution in [0.3, 0.4) is 0 Å². The van der Waals surface area contributed by atoms with Crippen LogP contribution in [0.15, 0.2) is 59.8 Å². The van der Waals surface area contributed by atoms with E-state index in [1.165, 1.54) is 0 Å². The van der Waals surface area contributed by atoms with Crippen molar-refractivity contribution in [3.05, 3.63) is 65.4 Å². The van der Waals surface area contributed by atoms with Gasteiger partial charge in [0.2, 0.25) is 0 Å². The molecule has 0 saturated carbocycles. The minimum atomic E-state index is -0.529. The highest BCUT2D eigenvalue weighted by Crippen LogP contribution is 2.38. The summed E-state index contributed by atoms with van der Waals surface area (Å²) < 4.78 is 15.9. The monoisotopic (exact) mass is 428 g/mol. The molecular formula is C22H24N2O5S. The largest absolute Gasteiger partial charge is 0.508 e. The fourth-order valence-electron chi connectivity index (χ4n) is 3.32. The molecule has 1 aliphatic rings. The van der Waals surface area contributed by atoms with Crippen LogP contribution in [0.1, 0.15) is 18.5 Å². The van der Waals surface area contributed by atoms with Crippen molar-refractivity contribution in [2.75, 3.05) is 32.3 Å². The van der Waals surface area contributed by atoms with Crippen LogP contribution >= 0.6 is 12.2 Å². The lowest BCUT2D eigenvalue weighted by Gasteiger charge is -2.38. The highest BCUT2D eigenvalue weighted by Gasteiger charge is 2.36. The Morgan fingerprint density at radius 1 is 1.13 bits per heavy atom. The zero-order chi connectivity index (χ0) is 21.7. The number of nitrogens with zero attached hydrogens (tertiary/aromatic N) is 1. The van der Waals surface area contributed by atoms with E-state index in [9.17, 15) is 9.90 Å². The van der Waals surface area contributed by atoms with Gasteiger partial charge in [0.15, 0.2) is 5.11 Å². The van der Waals surface area contributed by atoms with Gasteiger partial charge in [-0.1, -0.05) is 24.3 Å². The molecule has 0 aromatic heterocycles. The number of para-hydroxylation sites is 2. The molecule has 3 rings (SSSR count). The van der Waals surface area contributed by atoms with Crippen LogP contribution in [0.5, 0.6) is 11.5 Å². The molecule has 0 bridgehead atoms. The number of phenolic OH excluding ortho intramolecular Hbond substituents is 1. The smallest absolute Gasteiger partial charge is 0.338 e. The number of carbonyl (C=O) groups excluding carboxylic acids is 1. The lowest BCUT2D eigenvalue weighted by molar-refractivity contribution is -0.140. The maximum atomic E-state index is 13.0. The molecule has 0 radical (unpaired) electrons. The third kappa shape index (κ3) is 4.39. The summed E-state index contributed by atoms with van der Waals surface area (Å²) in [6, 6.07) is 13.5. The number of carbonyl (C=O) groups is 1. The number of phenols is 1. The molecule has 30 heavy (non-hydrogen) atoms. The molecule has 1 aliphatic heterocycles. The summed E-state index contributed by atoms with van der Waals surface area (Å²) in [6.45, 7) is 2.25. The maximum absolute atomic E-state index is 13.0. The molecule has 0 amide bonds. The van der Waals surface area contributed by atoms with Crippen molar-refractivity contribution in [2.24, 2.45) is 0 Å². The van der Waals surface area contributed by atoms with E-state index in [1.54, 1.807) is 43.4 Å². The Balaban J connectivity index is 2.09. The second kappa shape index (κ2) is 9.60. The predicted molar refractivity (Wildman–Crippen MR) is 118 cm³/mol. The Labute approximate surface area is 180 Å². The minimum absolute atomic E-state index is 0.132. The molecule has 158 valence electrons. The number of methoxy groups -OCH3 is 2. The third-order valence-electron chi connectivity index (χ3n) is 4.78. The predicted octanol–water partition coefficient (Wildman–Crippen LogP) is 3.30. The fourth-order valence-corrected chi connectivity index (χ4v) is 3.68. The molecule has 2 N–H and O–H groups in total. The Morgan fingerprint density at radius 2 is 1.83 bits per heavy atom. The molecule has 7 nitrogen and oxygen atoms in total. The van der Waals surface area contributed by atoms with Gasteiger partial charge in [-0.05, 0) is 49.0 Å². The van der Waals surface area contributed by atoms with Gasteiger partial charge in [0.05, 0.1) is 31.0 Å². The van der Waals surface area contributed by atoms with E-state index < -0.39 is 12.0 Å². The van der Waals surface area contributed by atoms with Gasteiger partial charge in [-0.25, -0.2) is 4.79 Å². The lowest BCUT2D eigenvalue weighted by atomic mass is 9.94. The Hall–Kier alpha value is -3.10. The standard InChI is InChI=1S/C22H24N2O5S/c1-14-19(21(26)29-13-12-27-2)20(15-8-10-16(25)11-9-15)23-22(30)24(14)17-6-4-5-7-18(17)28-3/h4-11,20,25H,12-13H2,1-3H3,(H,23,30)/t20-/m0/s1. The van der Waals surface area contributed by atoms with Crippen molar-refractivity contribution < 1.29 is 24.1 Å². The molecule has 8 heteroatoms. The van der Waals surface area contributed by atoms with E-state index in [-0.39, 0.29) is 12.4 Å². The Kier molecular flexibility index (Phi) is 6.91. The van der Waals surface area contributed by atoms with Crippen LogP contribution in [-0.2, 0) is 14.3 Å². The number of hydrogen-bond acceptors (Lipinski definition) is 6. The van der Waals surface area contributed by atoms with Crippen molar-refractivity contribution in [1.29, 1.82) is 0 Å². The molecule has 0 unspecified atom stereocenters. The molecule has 0 aliphatic carbocycles. The van der Waals surface area contributed by atoms with Crippen molar-refractivity contribution in [3.8, 4) is 11.5 Å². The van der Waals surface area contributed by atoms with Crippen molar-refractivity contribution in [3.63, 3.8) is 0 Å². The van der Waals surface area contributed by atoms with Crippen LogP contribution in [0, 0.1) is 0 Å². The van der Waals surface area contributed by atoms with Crippen LogP contribution in [0.4, 0.5) is 5.69 Å². The van der Waals surface area contributed by atoms with Gasteiger partial charge < -0.3 is 24.6 Å². The second-order valence-corrected chi connectivity index (χ2v) is 7.00. The van der Waals surface area contributed by atoms with Gasteiger partial charge in [0, 0.05) is 12.8 Å². The molecule has 1 atom stereocenters. The molecule has 2 aromatic carbocycles. The van der Waals surface area contributed by atoms with Gasteiger partial charge in [-0.15, -0.1) is 0 Å². The summed E-state index contributed by atoms with van der Waals surface area (Å²) >= 11 is 5.65.